The second kappa shape index (κ2) is 3.79. The lowest BCUT2D eigenvalue weighted by atomic mass is 9.82. The molecule has 0 radical (unpaired) electrons. The van der Waals surface area contributed by atoms with E-state index < -0.39 is 5.97 Å². The Morgan fingerprint density at radius 3 is 2.80 bits per heavy atom. The van der Waals surface area contributed by atoms with Gasteiger partial charge >= 0.3 is 5.97 Å². The largest absolute Gasteiger partial charge is 0.478 e. The van der Waals surface area contributed by atoms with Crippen molar-refractivity contribution in [1.82, 2.24) is 0 Å². The molecule has 0 unspecified atom stereocenters. The van der Waals surface area contributed by atoms with Gasteiger partial charge in [0, 0.05) is 11.0 Å². The summed E-state index contributed by atoms with van der Waals surface area (Å²) in [6.07, 6.45) is 2.96. The number of hydrogen-bond donors (Lipinski definition) is 1. The lowest BCUT2D eigenvalue weighted by Gasteiger charge is -2.38. The van der Waals surface area contributed by atoms with Crippen LogP contribution in [0.5, 0.6) is 0 Å². The molecule has 1 N–H and O–H groups in total. The molecule has 0 amide bonds. The maximum Gasteiger partial charge on any atom is 0.328 e. The highest BCUT2D eigenvalue weighted by molar-refractivity contribution is 7.10. The summed E-state index contributed by atoms with van der Waals surface area (Å²) in [4.78, 5) is 11.7. The Bertz CT molecular complexity index is 402. The van der Waals surface area contributed by atoms with Crippen LogP contribution in [0, 0.1) is 6.92 Å². The Balaban J connectivity index is 2.30. The van der Waals surface area contributed by atoms with Crippen molar-refractivity contribution in [2.45, 2.75) is 12.3 Å². The van der Waals surface area contributed by atoms with E-state index in [0.29, 0.717) is 13.2 Å². The minimum absolute atomic E-state index is 0.198. The summed E-state index contributed by atoms with van der Waals surface area (Å²) in [5.41, 5.74) is 1.01. The topological polar surface area (TPSA) is 46.5 Å². The number of hydrogen-bond acceptors (Lipinski definition) is 3. The van der Waals surface area contributed by atoms with Crippen molar-refractivity contribution >= 4 is 17.3 Å². The van der Waals surface area contributed by atoms with Gasteiger partial charge in [-0.05, 0) is 23.9 Å². The predicted octanol–water partition coefficient (Wildman–Crippen LogP) is 1.97. The van der Waals surface area contributed by atoms with E-state index in [1.807, 2.05) is 12.3 Å². The molecular formula is C11H12O3S. The van der Waals surface area contributed by atoms with Crippen LogP contribution in [0.25, 0.3) is 0 Å². The zero-order chi connectivity index (χ0) is 10.9. The molecule has 0 atom stereocenters. The predicted molar refractivity (Wildman–Crippen MR) is 58.3 cm³/mol. The van der Waals surface area contributed by atoms with E-state index in [4.69, 9.17) is 9.84 Å². The highest BCUT2D eigenvalue weighted by atomic mass is 32.1. The van der Waals surface area contributed by atoms with Crippen LogP contribution in [-0.4, -0.2) is 24.3 Å². The SMILES string of the molecule is Cc1ccsc1C1(/C=C/C(=O)O)COC1. The molecule has 1 aromatic rings. The number of aliphatic carboxylic acids is 1. The number of carboxylic acids is 1. The lowest BCUT2D eigenvalue weighted by molar-refractivity contribution is -0.131. The van der Waals surface area contributed by atoms with Gasteiger partial charge in [-0.2, -0.15) is 0 Å². The molecule has 1 aliphatic rings. The summed E-state index contributed by atoms with van der Waals surface area (Å²) >= 11 is 1.66. The molecule has 0 aromatic carbocycles. The van der Waals surface area contributed by atoms with Gasteiger partial charge in [0.05, 0.1) is 18.6 Å². The smallest absolute Gasteiger partial charge is 0.328 e. The number of rotatable bonds is 3. The van der Waals surface area contributed by atoms with Crippen LogP contribution in [0.3, 0.4) is 0 Å². The molecule has 1 aromatic heterocycles. The fourth-order valence-electron chi connectivity index (χ4n) is 1.74. The second-order valence-electron chi connectivity index (χ2n) is 3.75. The van der Waals surface area contributed by atoms with Crippen molar-refractivity contribution < 1.29 is 14.6 Å². The quantitative estimate of drug-likeness (QED) is 0.798. The van der Waals surface area contributed by atoms with Crippen molar-refractivity contribution in [2.24, 2.45) is 0 Å². The van der Waals surface area contributed by atoms with Crippen molar-refractivity contribution in [2.75, 3.05) is 13.2 Å². The van der Waals surface area contributed by atoms with Crippen LogP contribution in [0.4, 0.5) is 0 Å². The molecule has 15 heavy (non-hydrogen) atoms. The maximum absolute atomic E-state index is 10.5. The fourth-order valence-corrected chi connectivity index (χ4v) is 2.82. The molecule has 0 saturated carbocycles. The van der Waals surface area contributed by atoms with Gasteiger partial charge in [0.2, 0.25) is 0 Å². The number of carboxylic acid groups (broad SMARTS) is 1. The van der Waals surface area contributed by atoms with E-state index in [9.17, 15) is 4.79 Å². The minimum atomic E-state index is -0.907. The zero-order valence-corrected chi connectivity index (χ0v) is 9.21. The van der Waals surface area contributed by atoms with Gasteiger partial charge in [-0.1, -0.05) is 6.08 Å². The highest BCUT2D eigenvalue weighted by Crippen LogP contribution is 2.38. The molecule has 4 heteroatoms. The van der Waals surface area contributed by atoms with Crippen molar-refractivity contribution in [1.29, 1.82) is 0 Å². The van der Waals surface area contributed by atoms with E-state index >= 15 is 0 Å². The molecule has 1 saturated heterocycles. The summed E-state index contributed by atoms with van der Waals surface area (Å²) in [5, 5.41) is 10.7. The van der Waals surface area contributed by atoms with Crippen LogP contribution in [0.1, 0.15) is 10.4 Å². The molecule has 2 heterocycles. The van der Waals surface area contributed by atoms with Crippen molar-refractivity contribution in [3.8, 4) is 0 Å². The normalized spacial score (nSPS) is 19.0. The molecule has 80 valence electrons. The molecule has 2 rings (SSSR count). The molecule has 1 fully saturated rings. The summed E-state index contributed by atoms with van der Waals surface area (Å²) < 4.78 is 5.21. The average molecular weight is 224 g/mol. The number of carbonyl (C=O) groups is 1. The number of thiophene rings is 1. The van der Waals surface area contributed by atoms with Crippen molar-refractivity contribution in [3.63, 3.8) is 0 Å². The Hall–Kier alpha value is -1.13. The van der Waals surface area contributed by atoms with E-state index in [0.717, 1.165) is 0 Å². The van der Waals surface area contributed by atoms with Crippen LogP contribution < -0.4 is 0 Å². The first kappa shape index (κ1) is 10.4. The van der Waals surface area contributed by atoms with Gasteiger partial charge < -0.3 is 9.84 Å². The summed E-state index contributed by atoms with van der Waals surface area (Å²) in [6, 6.07) is 2.05. The molecule has 0 aliphatic carbocycles. The Morgan fingerprint density at radius 1 is 1.67 bits per heavy atom. The first-order chi connectivity index (χ1) is 7.14. The molecule has 0 bridgehead atoms. The van der Waals surface area contributed by atoms with E-state index in [1.165, 1.54) is 16.5 Å². The standard InChI is InChI=1S/C11H12O3S/c1-8-3-5-15-10(8)11(6-14-7-11)4-2-9(12)13/h2-5H,6-7H2,1H3,(H,12,13)/b4-2+. The van der Waals surface area contributed by atoms with Gasteiger partial charge in [0.25, 0.3) is 0 Å². The first-order valence-electron chi connectivity index (χ1n) is 4.68. The van der Waals surface area contributed by atoms with E-state index in [-0.39, 0.29) is 5.41 Å². The van der Waals surface area contributed by atoms with E-state index in [1.54, 1.807) is 17.4 Å². The zero-order valence-electron chi connectivity index (χ0n) is 8.40. The van der Waals surface area contributed by atoms with Crippen LogP contribution in [0.15, 0.2) is 23.6 Å². The Labute approximate surface area is 92.0 Å². The lowest BCUT2D eigenvalue weighted by Crippen LogP contribution is -2.45. The Morgan fingerprint density at radius 2 is 2.40 bits per heavy atom. The molecular weight excluding hydrogens is 212 g/mol. The molecule has 3 nitrogen and oxygen atoms in total. The maximum atomic E-state index is 10.5. The second-order valence-corrected chi connectivity index (χ2v) is 4.67. The minimum Gasteiger partial charge on any atom is -0.478 e. The molecule has 0 spiro atoms. The van der Waals surface area contributed by atoms with Crippen LogP contribution in [0.2, 0.25) is 0 Å². The van der Waals surface area contributed by atoms with Crippen LogP contribution in [-0.2, 0) is 14.9 Å². The van der Waals surface area contributed by atoms with Crippen LogP contribution >= 0.6 is 11.3 Å². The first-order valence-corrected chi connectivity index (χ1v) is 5.56. The van der Waals surface area contributed by atoms with Gasteiger partial charge in [-0.15, -0.1) is 11.3 Å². The number of ether oxygens (including phenoxy) is 1. The van der Waals surface area contributed by atoms with E-state index in [2.05, 4.69) is 6.07 Å². The summed E-state index contributed by atoms with van der Waals surface area (Å²) in [6.45, 7) is 3.21. The average Bonchev–Trinajstić information content (AvgIpc) is 2.50. The Kier molecular flexibility index (Phi) is 2.63. The summed E-state index contributed by atoms with van der Waals surface area (Å²) in [5.74, 6) is -0.907. The third-order valence-corrected chi connectivity index (χ3v) is 3.81. The highest BCUT2D eigenvalue weighted by Gasteiger charge is 2.40. The monoisotopic (exact) mass is 224 g/mol. The third kappa shape index (κ3) is 1.82. The molecule has 1 aliphatic heterocycles. The van der Waals surface area contributed by atoms with Gasteiger partial charge in [-0.3, -0.25) is 0 Å². The fraction of sp³-hybridized carbons (Fsp3) is 0.364. The summed E-state index contributed by atoms with van der Waals surface area (Å²) in [7, 11) is 0. The van der Waals surface area contributed by atoms with Gasteiger partial charge in [0.1, 0.15) is 0 Å². The van der Waals surface area contributed by atoms with Gasteiger partial charge in [-0.25, -0.2) is 4.79 Å². The third-order valence-electron chi connectivity index (χ3n) is 2.58. The number of aryl methyl sites for hydroxylation is 1. The van der Waals surface area contributed by atoms with Crippen molar-refractivity contribution in [3.05, 3.63) is 34.0 Å². The van der Waals surface area contributed by atoms with Gasteiger partial charge in [0.15, 0.2) is 0 Å².